The quantitative estimate of drug-likeness (QED) is 0.659. The van der Waals surface area contributed by atoms with Crippen LogP contribution in [0.5, 0.6) is 0 Å². The molecule has 1 unspecified atom stereocenters. The zero-order valence-corrected chi connectivity index (χ0v) is 11.1. The van der Waals surface area contributed by atoms with Crippen LogP contribution in [0.25, 0.3) is 0 Å². The molecule has 0 aromatic heterocycles. The van der Waals surface area contributed by atoms with Gasteiger partial charge in [0.25, 0.3) is 0 Å². The lowest BCUT2D eigenvalue weighted by molar-refractivity contribution is 0.640. The first kappa shape index (κ1) is 12.4. The summed E-state index contributed by atoms with van der Waals surface area (Å²) in [6.45, 7) is 10.2. The van der Waals surface area contributed by atoms with Gasteiger partial charge >= 0.3 is 0 Å². The fourth-order valence-corrected chi connectivity index (χ4v) is 3.29. The van der Waals surface area contributed by atoms with Crippen LogP contribution in [0, 0.1) is 6.92 Å². The largest absolute Gasteiger partial charge is 0.254 e. The van der Waals surface area contributed by atoms with Gasteiger partial charge in [0.2, 0.25) is 0 Å². The zero-order chi connectivity index (χ0) is 11.6. The van der Waals surface area contributed by atoms with Gasteiger partial charge in [-0.05, 0) is 38.8 Å². The fourth-order valence-electron chi connectivity index (χ4n) is 1.85. The van der Waals surface area contributed by atoms with E-state index in [4.69, 9.17) is 0 Å². The third-order valence-electron chi connectivity index (χ3n) is 2.53. The molecule has 0 fully saturated rings. The monoisotopic (exact) mass is 224 g/mol. The lowest BCUT2D eigenvalue weighted by atomic mass is 10.0. The van der Waals surface area contributed by atoms with Crippen molar-refractivity contribution in [1.82, 2.24) is 0 Å². The number of hydrogen-bond donors (Lipinski definition) is 0. The number of hydrogen-bond acceptors (Lipinski definition) is 1. The first-order valence-electron chi connectivity index (χ1n) is 5.52. The average Bonchev–Trinajstić information content (AvgIpc) is 2.40. The highest BCUT2D eigenvalue weighted by Gasteiger charge is 2.35. The van der Waals surface area contributed by atoms with E-state index in [0.29, 0.717) is 0 Å². The molecule has 1 aromatic rings. The van der Waals surface area contributed by atoms with E-state index in [0.717, 1.165) is 11.3 Å². The van der Waals surface area contributed by atoms with Crippen LogP contribution in [0.3, 0.4) is 0 Å². The van der Waals surface area contributed by atoms with Crippen LogP contribution in [-0.4, -0.2) is 8.96 Å². The smallest absolute Gasteiger partial charge is 0.0592 e. The van der Waals surface area contributed by atoms with Crippen molar-refractivity contribution in [1.29, 1.82) is 0 Å². The van der Waals surface area contributed by atoms with Gasteiger partial charge in [0.05, 0.1) is 10.8 Å². The van der Waals surface area contributed by atoms with Gasteiger partial charge in [-0.25, -0.2) is 0 Å². The summed E-state index contributed by atoms with van der Waals surface area (Å²) < 4.78 is 11.9. The maximum Gasteiger partial charge on any atom is 0.0592 e. The third-order valence-corrected chi connectivity index (χ3v) is 4.48. The number of benzene rings is 1. The molecule has 0 saturated carbocycles. The lowest BCUT2D eigenvalue weighted by Crippen LogP contribution is -2.22. The minimum absolute atomic E-state index is 0.0733. The summed E-state index contributed by atoms with van der Waals surface area (Å²) in [7, 11) is -0.816. The van der Waals surface area contributed by atoms with Crippen molar-refractivity contribution in [2.24, 2.45) is 0 Å². The molecule has 1 aliphatic rings. The van der Waals surface area contributed by atoms with E-state index in [2.05, 4.69) is 26.8 Å². The Morgan fingerprint density at radius 2 is 1.87 bits per heavy atom. The molecule has 0 bridgehead atoms. The van der Waals surface area contributed by atoms with Crippen LogP contribution in [0.1, 0.15) is 38.8 Å². The second-order valence-corrected chi connectivity index (χ2v) is 6.40. The SMILES string of the molecule is CC.Cc1ccc2c(c1)CC(C)(C)S2=O. The highest BCUT2D eigenvalue weighted by molar-refractivity contribution is 7.86. The summed E-state index contributed by atoms with van der Waals surface area (Å²) in [5.74, 6) is 0. The van der Waals surface area contributed by atoms with Crippen molar-refractivity contribution < 1.29 is 4.21 Å². The molecule has 0 N–H and O–H groups in total. The first-order chi connectivity index (χ1) is 7.00. The molecule has 0 saturated heterocycles. The fraction of sp³-hybridized carbons (Fsp3) is 0.538. The Balaban J connectivity index is 0.000000531. The summed E-state index contributed by atoms with van der Waals surface area (Å²) >= 11 is 0. The molecular weight excluding hydrogens is 204 g/mol. The number of aryl methyl sites for hydroxylation is 1. The van der Waals surface area contributed by atoms with Crippen molar-refractivity contribution in [2.45, 2.75) is 50.7 Å². The summed E-state index contributed by atoms with van der Waals surface area (Å²) in [6.07, 6.45) is 0.941. The van der Waals surface area contributed by atoms with E-state index < -0.39 is 10.8 Å². The molecule has 0 amide bonds. The van der Waals surface area contributed by atoms with Crippen molar-refractivity contribution >= 4 is 10.8 Å². The van der Waals surface area contributed by atoms with Gasteiger partial charge < -0.3 is 0 Å². The summed E-state index contributed by atoms with van der Waals surface area (Å²) in [5.41, 5.74) is 2.52. The molecule has 1 atom stereocenters. The normalized spacial score (nSPS) is 21.5. The minimum atomic E-state index is -0.816. The molecule has 0 spiro atoms. The van der Waals surface area contributed by atoms with Crippen molar-refractivity contribution in [3.05, 3.63) is 29.3 Å². The van der Waals surface area contributed by atoms with Crippen molar-refractivity contribution in [3.8, 4) is 0 Å². The molecule has 1 aromatic carbocycles. The van der Waals surface area contributed by atoms with E-state index >= 15 is 0 Å². The Labute approximate surface area is 95.4 Å². The third kappa shape index (κ3) is 2.31. The van der Waals surface area contributed by atoms with Crippen LogP contribution in [0.15, 0.2) is 23.1 Å². The maximum absolute atomic E-state index is 11.9. The van der Waals surface area contributed by atoms with Gasteiger partial charge in [-0.1, -0.05) is 31.5 Å². The standard InChI is InChI=1S/C11H14OS.C2H6/c1-8-4-5-10-9(6-8)7-11(2,3)13(10)12;1-2/h4-6H,7H2,1-3H3;1-2H3. The Kier molecular flexibility index (Phi) is 3.72. The predicted octanol–water partition coefficient (Wildman–Crippen LogP) is 3.46. The van der Waals surface area contributed by atoms with E-state index in [1.54, 1.807) is 0 Å². The van der Waals surface area contributed by atoms with Crippen molar-refractivity contribution in [3.63, 3.8) is 0 Å². The molecule has 0 radical (unpaired) electrons. The van der Waals surface area contributed by atoms with Gasteiger partial charge in [-0.3, -0.25) is 4.21 Å². The molecule has 1 nitrogen and oxygen atoms in total. The Hall–Kier alpha value is -0.630. The summed E-state index contributed by atoms with van der Waals surface area (Å²) in [4.78, 5) is 1.04. The molecule has 2 heteroatoms. The van der Waals surface area contributed by atoms with Gasteiger partial charge in [-0.15, -0.1) is 0 Å². The molecule has 1 heterocycles. The minimum Gasteiger partial charge on any atom is -0.254 e. The molecular formula is C13H20OS. The van der Waals surface area contributed by atoms with Crippen molar-refractivity contribution in [2.75, 3.05) is 0 Å². The second-order valence-electron chi connectivity index (χ2n) is 4.32. The highest BCUT2D eigenvalue weighted by atomic mass is 32.2. The molecule has 2 rings (SSSR count). The molecule has 84 valence electrons. The lowest BCUT2D eigenvalue weighted by Gasteiger charge is -2.13. The Morgan fingerprint density at radius 1 is 1.27 bits per heavy atom. The van der Waals surface area contributed by atoms with Crippen LogP contribution < -0.4 is 0 Å². The number of rotatable bonds is 0. The highest BCUT2D eigenvalue weighted by Crippen LogP contribution is 2.35. The van der Waals surface area contributed by atoms with Gasteiger partial charge in [0.1, 0.15) is 0 Å². The molecule has 1 aliphatic heterocycles. The predicted molar refractivity (Wildman–Crippen MR) is 66.7 cm³/mol. The average molecular weight is 224 g/mol. The van der Waals surface area contributed by atoms with Crippen LogP contribution in [0.4, 0.5) is 0 Å². The maximum atomic E-state index is 11.9. The van der Waals surface area contributed by atoms with Gasteiger partial charge in [-0.2, -0.15) is 0 Å². The molecule has 15 heavy (non-hydrogen) atoms. The first-order valence-corrected chi connectivity index (χ1v) is 6.67. The Morgan fingerprint density at radius 3 is 2.47 bits per heavy atom. The van der Waals surface area contributed by atoms with E-state index in [-0.39, 0.29) is 4.75 Å². The molecule has 0 aliphatic carbocycles. The summed E-state index contributed by atoms with van der Waals surface area (Å²) in [5, 5.41) is 0. The van der Waals surface area contributed by atoms with E-state index in [1.165, 1.54) is 11.1 Å². The zero-order valence-electron chi connectivity index (χ0n) is 10.3. The number of fused-ring (bicyclic) bond motifs is 1. The summed E-state index contributed by atoms with van der Waals surface area (Å²) in [6, 6.07) is 6.20. The van der Waals surface area contributed by atoms with E-state index in [1.807, 2.05) is 26.0 Å². The second kappa shape index (κ2) is 4.48. The van der Waals surface area contributed by atoms with Crippen LogP contribution in [0.2, 0.25) is 0 Å². The Bertz CT molecular complexity index is 380. The van der Waals surface area contributed by atoms with Gasteiger partial charge in [0, 0.05) is 9.64 Å². The van der Waals surface area contributed by atoms with Crippen LogP contribution in [-0.2, 0) is 17.2 Å². The van der Waals surface area contributed by atoms with E-state index in [9.17, 15) is 4.21 Å². The van der Waals surface area contributed by atoms with Gasteiger partial charge in [0.15, 0.2) is 0 Å². The van der Waals surface area contributed by atoms with Crippen LogP contribution >= 0.6 is 0 Å². The topological polar surface area (TPSA) is 17.1 Å².